The molecule has 0 unspecified atom stereocenters. The van der Waals surface area contributed by atoms with Crippen molar-refractivity contribution >= 4 is 18.3 Å². The van der Waals surface area contributed by atoms with Crippen LogP contribution in [0.25, 0.3) is 0 Å². The lowest BCUT2D eigenvalue weighted by Crippen LogP contribution is -2.40. The van der Waals surface area contributed by atoms with E-state index in [2.05, 4.69) is 12.6 Å². The number of aromatic nitrogens is 2. The molecule has 1 aromatic heterocycles. The SMILES string of the molecule is CCCn1cc([N+](=O)[O-])c(=O)n(CC=CCS)c1=O. The maximum Gasteiger partial charge on any atom is 0.350 e. The first-order valence-corrected chi connectivity index (χ1v) is 6.40. The molecule has 0 fully saturated rings. The maximum absolute atomic E-state index is 12.0. The first kappa shape index (κ1) is 15.2. The van der Waals surface area contributed by atoms with Gasteiger partial charge in [0.15, 0.2) is 0 Å². The van der Waals surface area contributed by atoms with Crippen molar-refractivity contribution in [1.29, 1.82) is 0 Å². The second-order valence-corrected chi connectivity index (χ2v) is 4.18. The number of aryl methyl sites for hydroxylation is 1. The largest absolute Gasteiger partial charge is 0.350 e. The number of nitro groups is 1. The fraction of sp³-hybridized carbons (Fsp3) is 0.455. The highest BCUT2D eigenvalue weighted by atomic mass is 32.1. The highest BCUT2D eigenvalue weighted by Gasteiger charge is 2.18. The third kappa shape index (κ3) is 3.57. The number of thiol groups is 1. The lowest BCUT2D eigenvalue weighted by atomic mass is 10.4. The monoisotopic (exact) mass is 285 g/mol. The van der Waals surface area contributed by atoms with E-state index >= 15 is 0 Å². The molecular formula is C11H15N3O4S. The molecule has 0 radical (unpaired) electrons. The summed E-state index contributed by atoms with van der Waals surface area (Å²) in [6, 6.07) is 0. The number of rotatable bonds is 6. The molecule has 1 rings (SSSR count). The molecule has 0 aromatic carbocycles. The van der Waals surface area contributed by atoms with E-state index in [1.165, 1.54) is 4.57 Å². The Balaban J connectivity index is 3.41. The Morgan fingerprint density at radius 2 is 2.11 bits per heavy atom. The Morgan fingerprint density at radius 1 is 1.42 bits per heavy atom. The topological polar surface area (TPSA) is 87.1 Å². The van der Waals surface area contributed by atoms with Crippen molar-refractivity contribution in [1.82, 2.24) is 9.13 Å². The molecule has 0 aliphatic carbocycles. The summed E-state index contributed by atoms with van der Waals surface area (Å²) in [5.74, 6) is 0.465. The Morgan fingerprint density at radius 3 is 2.63 bits per heavy atom. The van der Waals surface area contributed by atoms with Crippen LogP contribution in [0.5, 0.6) is 0 Å². The molecule has 1 heterocycles. The van der Waals surface area contributed by atoms with Gasteiger partial charge < -0.3 is 0 Å². The minimum atomic E-state index is -0.883. The van der Waals surface area contributed by atoms with Gasteiger partial charge in [0.25, 0.3) is 0 Å². The average molecular weight is 285 g/mol. The summed E-state index contributed by atoms with van der Waals surface area (Å²) in [7, 11) is 0. The molecule has 0 bridgehead atoms. The fourth-order valence-corrected chi connectivity index (χ4v) is 1.73. The van der Waals surface area contributed by atoms with E-state index in [0.29, 0.717) is 18.7 Å². The minimum Gasteiger partial charge on any atom is -0.293 e. The second kappa shape index (κ2) is 6.93. The molecular weight excluding hydrogens is 270 g/mol. The van der Waals surface area contributed by atoms with Crippen molar-refractivity contribution in [2.45, 2.75) is 26.4 Å². The van der Waals surface area contributed by atoms with Gasteiger partial charge in [0.2, 0.25) is 0 Å². The minimum absolute atomic E-state index is 0.00359. The fourth-order valence-electron chi connectivity index (χ4n) is 1.58. The van der Waals surface area contributed by atoms with Gasteiger partial charge in [0, 0.05) is 18.8 Å². The molecule has 0 aliphatic rings. The number of allylic oxidation sites excluding steroid dienone is 1. The van der Waals surface area contributed by atoms with Crippen molar-refractivity contribution in [3.05, 3.63) is 49.3 Å². The van der Waals surface area contributed by atoms with E-state index in [4.69, 9.17) is 0 Å². The summed E-state index contributed by atoms with van der Waals surface area (Å²) in [6.07, 6.45) is 4.89. The van der Waals surface area contributed by atoms with E-state index in [0.717, 1.165) is 10.8 Å². The summed E-state index contributed by atoms with van der Waals surface area (Å²) >= 11 is 3.96. The molecule has 0 amide bonds. The third-order valence-electron chi connectivity index (χ3n) is 2.44. The number of hydrogen-bond acceptors (Lipinski definition) is 5. The van der Waals surface area contributed by atoms with Crippen LogP contribution in [0.4, 0.5) is 5.69 Å². The predicted molar refractivity (Wildman–Crippen MR) is 74.9 cm³/mol. The first-order chi connectivity index (χ1) is 9.02. The van der Waals surface area contributed by atoms with Crippen LogP contribution in [0, 0.1) is 10.1 Å². The van der Waals surface area contributed by atoms with Crippen LogP contribution in [-0.4, -0.2) is 19.8 Å². The molecule has 7 nitrogen and oxygen atoms in total. The lowest BCUT2D eigenvalue weighted by Gasteiger charge is -2.07. The van der Waals surface area contributed by atoms with Crippen molar-refractivity contribution < 1.29 is 4.92 Å². The second-order valence-electron chi connectivity index (χ2n) is 3.82. The highest BCUT2D eigenvalue weighted by molar-refractivity contribution is 7.80. The molecule has 1 aromatic rings. The molecule has 0 spiro atoms. The van der Waals surface area contributed by atoms with Gasteiger partial charge in [-0.3, -0.25) is 24.0 Å². The van der Waals surface area contributed by atoms with Crippen LogP contribution in [0.3, 0.4) is 0 Å². The van der Waals surface area contributed by atoms with Gasteiger partial charge in [-0.05, 0) is 6.42 Å². The van der Waals surface area contributed by atoms with Crippen molar-refractivity contribution in [3.8, 4) is 0 Å². The van der Waals surface area contributed by atoms with E-state index in [1.54, 1.807) is 12.2 Å². The van der Waals surface area contributed by atoms with Gasteiger partial charge in [0.1, 0.15) is 0 Å². The van der Waals surface area contributed by atoms with Crippen molar-refractivity contribution in [2.75, 3.05) is 5.75 Å². The van der Waals surface area contributed by atoms with Gasteiger partial charge in [-0.15, -0.1) is 0 Å². The van der Waals surface area contributed by atoms with Crippen LogP contribution in [-0.2, 0) is 13.1 Å². The lowest BCUT2D eigenvalue weighted by molar-refractivity contribution is -0.387. The zero-order valence-corrected chi connectivity index (χ0v) is 11.4. The molecule has 0 aliphatic heterocycles. The Kier molecular flexibility index (Phi) is 5.56. The summed E-state index contributed by atoms with van der Waals surface area (Å²) in [4.78, 5) is 33.9. The van der Waals surface area contributed by atoms with Gasteiger partial charge in [-0.2, -0.15) is 12.6 Å². The average Bonchev–Trinajstić information content (AvgIpc) is 2.36. The standard InChI is InChI=1S/C11H15N3O4S/c1-2-5-12-8-9(14(17)18)10(15)13(11(12)16)6-3-4-7-19/h3-4,8,19H,2,5-7H2,1H3. The van der Waals surface area contributed by atoms with Crippen molar-refractivity contribution in [2.24, 2.45) is 0 Å². The van der Waals surface area contributed by atoms with E-state index in [9.17, 15) is 19.7 Å². The molecule has 0 atom stereocenters. The summed E-state index contributed by atoms with van der Waals surface area (Å²) in [6.45, 7) is 2.17. The zero-order valence-electron chi connectivity index (χ0n) is 10.5. The quantitative estimate of drug-likeness (QED) is 0.363. The highest BCUT2D eigenvalue weighted by Crippen LogP contribution is 2.01. The van der Waals surface area contributed by atoms with Crippen LogP contribution in [0.2, 0.25) is 0 Å². The van der Waals surface area contributed by atoms with Gasteiger partial charge in [-0.25, -0.2) is 4.79 Å². The summed E-state index contributed by atoms with van der Waals surface area (Å²) in [5.41, 5.74) is -2.01. The Hall–Kier alpha value is -1.83. The zero-order chi connectivity index (χ0) is 14.4. The first-order valence-electron chi connectivity index (χ1n) is 5.77. The van der Waals surface area contributed by atoms with Crippen LogP contribution in [0.1, 0.15) is 13.3 Å². The predicted octanol–water partition coefficient (Wildman–Crippen LogP) is 0.814. The third-order valence-corrected chi connectivity index (χ3v) is 2.65. The van der Waals surface area contributed by atoms with Gasteiger partial charge in [0.05, 0.1) is 11.1 Å². The number of hydrogen-bond donors (Lipinski definition) is 1. The van der Waals surface area contributed by atoms with E-state index < -0.39 is 21.9 Å². The van der Waals surface area contributed by atoms with Gasteiger partial charge in [-0.1, -0.05) is 19.1 Å². The Labute approximate surface area is 114 Å². The van der Waals surface area contributed by atoms with E-state index in [1.807, 2.05) is 6.92 Å². The smallest absolute Gasteiger partial charge is 0.293 e. The normalized spacial score (nSPS) is 11.1. The van der Waals surface area contributed by atoms with E-state index in [-0.39, 0.29) is 6.54 Å². The summed E-state index contributed by atoms with van der Waals surface area (Å²) < 4.78 is 2.04. The molecule has 0 saturated carbocycles. The molecule has 8 heteroatoms. The number of nitrogens with zero attached hydrogens (tertiary/aromatic N) is 3. The molecule has 0 N–H and O–H groups in total. The van der Waals surface area contributed by atoms with Gasteiger partial charge >= 0.3 is 16.9 Å². The maximum atomic E-state index is 12.0. The van der Waals surface area contributed by atoms with Crippen LogP contribution in [0.15, 0.2) is 27.9 Å². The Bertz CT molecular complexity index is 603. The molecule has 0 saturated heterocycles. The molecule has 19 heavy (non-hydrogen) atoms. The van der Waals surface area contributed by atoms with Crippen molar-refractivity contribution in [3.63, 3.8) is 0 Å². The van der Waals surface area contributed by atoms with Crippen LogP contribution < -0.4 is 11.2 Å². The van der Waals surface area contributed by atoms with Crippen LogP contribution >= 0.6 is 12.6 Å². The molecule has 104 valence electrons. The summed E-state index contributed by atoms with van der Waals surface area (Å²) in [5, 5.41) is 10.8.